The first-order valence-corrected chi connectivity index (χ1v) is 7.79. The van der Waals surface area contributed by atoms with Crippen LogP contribution in [-0.2, 0) is 0 Å². The Labute approximate surface area is 107 Å². The number of piperidine rings is 1. The van der Waals surface area contributed by atoms with E-state index in [2.05, 4.69) is 11.8 Å². The molecule has 1 aliphatic heterocycles. The Morgan fingerprint density at radius 1 is 1.06 bits per heavy atom. The Morgan fingerprint density at radius 3 is 2.35 bits per heavy atom. The molecule has 0 aromatic carbocycles. The van der Waals surface area contributed by atoms with Crippen LogP contribution in [0.3, 0.4) is 0 Å². The van der Waals surface area contributed by atoms with E-state index in [4.69, 9.17) is 5.73 Å². The second-order valence-electron chi connectivity index (χ2n) is 6.09. The average Bonchev–Trinajstić information content (AvgIpc) is 2.65. The summed E-state index contributed by atoms with van der Waals surface area (Å²) >= 11 is 0. The molecule has 2 fully saturated rings. The molecule has 0 aromatic rings. The van der Waals surface area contributed by atoms with Crippen molar-refractivity contribution in [2.75, 3.05) is 13.1 Å². The Morgan fingerprint density at radius 2 is 1.76 bits per heavy atom. The molecular weight excluding hydrogens is 208 g/mol. The lowest BCUT2D eigenvalue weighted by molar-refractivity contribution is 0.00958. The van der Waals surface area contributed by atoms with E-state index >= 15 is 0 Å². The van der Waals surface area contributed by atoms with Crippen molar-refractivity contribution >= 4 is 0 Å². The summed E-state index contributed by atoms with van der Waals surface area (Å²) in [4.78, 5) is 2.82. The van der Waals surface area contributed by atoms with Crippen molar-refractivity contribution in [1.82, 2.24) is 4.90 Å². The molecule has 2 nitrogen and oxygen atoms in total. The predicted octanol–water partition coefficient (Wildman–Crippen LogP) is 3.30. The van der Waals surface area contributed by atoms with Crippen LogP contribution in [0, 0.1) is 0 Å². The fourth-order valence-corrected chi connectivity index (χ4v) is 4.04. The molecule has 0 aromatic heterocycles. The lowest BCUT2D eigenvalue weighted by atomic mass is 9.83. The number of rotatable bonds is 3. The van der Waals surface area contributed by atoms with E-state index in [-0.39, 0.29) is 0 Å². The smallest absolute Gasteiger partial charge is 0.0334 e. The number of hydrogen-bond acceptors (Lipinski definition) is 2. The highest BCUT2D eigenvalue weighted by atomic mass is 15.2. The largest absolute Gasteiger partial charge is 0.329 e. The van der Waals surface area contributed by atoms with Gasteiger partial charge >= 0.3 is 0 Å². The van der Waals surface area contributed by atoms with Gasteiger partial charge in [-0.2, -0.15) is 0 Å². The van der Waals surface area contributed by atoms with Gasteiger partial charge in [0, 0.05) is 18.1 Å². The van der Waals surface area contributed by atoms with Crippen LogP contribution in [0.5, 0.6) is 0 Å². The third-order valence-corrected chi connectivity index (χ3v) is 5.12. The number of nitrogens with zero attached hydrogens (tertiary/aromatic N) is 1. The number of nitrogens with two attached hydrogens (primary N) is 1. The van der Waals surface area contributed by atoms with Gasteiger partial charge in [-0.3, -0.25) is 4.90 Å². The summed E-state index contributed by atoms with van der Waals surface area (Å²) in [7, 11) is 0. The molecule has 1 aliphatic carbocycles. The Hall–Kier alpha value is -0.0800. The third kappa shape index (κ3) is 2.85. The van der Waals surface area contributed by atoms with Gasteiger partial charge in [0.05, 0.1) is 0 Å². The number of likely N-dealkylation sites (tertiary alicyclic amines) is 1. The number of hydrogen-bond donors (Lipinski definition) is 1. The molecule has 1 heterocycles. The van der Waals surface area contributed by atoms with E-state index in [1.807, 2.05) is 0 Å². The first kappa shape index (κ1) is 13.4. The molecule has 0 bridgehead atoms. The first-order valence-electron chi connectivity index (χ1n) is 7.79. The molecule has 1 saturated heterocycles. The quantitative estimate of drug-likeness (QED) is 0.764. The van der Waals surface area contributed by atoms with E-state index in [1.165, 1.54) is 70.8 Å². The van der Waals surface area contributed by atoms with Crippen molar-refractivity contribution in [2.24, 2.45) is 5.73 Å². The molecule has 100 valence electrons. The van der Waals surface area contributed by atoms with Gasteiger partial charge in [-0.15, -0.1) is 0 Å². The second kappa shape index (κ2) is 6.19. The summed E-state index contributed by atoms with van der Waals surface area (Å²) in [6.45, 7) is 4.53. The Balaban J connectivity index is 2.12. The molecule has 2 rings (SSSR count). The van der Waals surface area contributed by atoms with E-state index in [0.29, 0.717) is 5.54 Å². The van der Waals surface area contributed by atoms with Crippen LogP contribution in [0.15, 0.2) is 0 Å². The highest BCUT2D eigenvalue weighted by molar-refractivity contribution is 4.97. The van der Waals surface area contributed by atoms with Crippen LogP contribution in [-0.4, -0.2) is 29.6 Å². The molecule has 17 heavy (non-hydrogen) atoms. The second-order valence-corrected chi connectivity index (χ2v) is 6.09. The summed E-state index contributed by atoms with van der Waals surface area (Å²) in [6.07, 6.45) is 13.8. The van der Waals surface area contributed by atoms with Gasteiger partial charge in [0.2, 0.25) is 0 Å². The monoisotopic (exact) mass is 238 g/mol. The van der Waals surface area contributed by atoms with Crippen molar-refractivity contribution in [3.63, 3.8) is 0 Å². The SMILES string of the molecule is CCC1CCCCN1C1(CN)CCCCCC1. The van der Waals surface area contributed by atoms with Gasteiger partial charge in [-0.05, 0) is 38.6 Å². The standard InChI is InChI=1S/C15H30N2/c1-2-14-9-5-8-12-17(14)15(13-16)10-6-3-4-7-11-15/h14H,2-13,16H2,1H3. The molecule has 0 spiro atoms. The summed E-state index contributed by atoms with van der Waals surface area (Å²) in [6, 6.07) is 0.811. The Bertz CT molecular complexity index is 219. The van der Waals surface area contributed by atoms with Crippen molar-refractivity contribution in [3.8, 4) is 0 Å². The molecule has 1 atom stereocenters. The predicted molar refractivity (Wildman–Crippen MR) is 74.1 cm³/mol. The lowest BCUT2D eigenvalue weighted by Gasteiger charge is -2.49. The highest BCUT2D eigenvalue weighted by Crippen LogP contribution is 2.36. The van der Waals surface area contributed by atoms with Crippen LogP contribution < -0.4 is 5.73 Å². The molecule has 2 aliphatic rings. The minimum absolute atomic E-state index is 0.359. The van der Waals surface area contributed by atoms with Crippen molar-refractivity contribution in [1.29, 1.82) is 0 Å². The molecule has 2 heteroatoms. The molecule has 0 amide bonds. The molecule has 2 N–H and O–H groups in total. The zero-order valence-corrected chi connectivity index (χ0v) is 11.6. The molecule has 0 radical (unpaired) electrons. The van der Waals surface area contributed by atoms with Gasteiger partial charge in [0.1, 0.15) is 0 Å². The summed E-state index contributed by atoms with van der Waals surface area (Å²) in [5, 5.41) is 0. The molecule has 1 unspecified atom stereocenters. The molecule has 1 saturated carbocycles. The summed E-state index contributed by atoms with van der Waals surface area (Å²) in [5.74, 6) is 0. The topological polar surface area (TPSA) is 29.3 Å². The highest BCUT2D eigenvalue weighted by Gasteiger charge is 2.39. The van der Waals surface area contributed by atoms with Crippen molar-refractivity contribution < 1.29 is 0 Å². The average molecular weight is 238 g/mol. The zero-order valence-electron chi connectivity index (χ0n) is 11.6. The first-order chi connectivity index (χ1) is 8.32. The molecular formula is C15H30N2. The fraction of sp³-hybridized carbons (Fsp3) is 1.00. The van der Waals surface area contributed by atoms with E-state index in [0.717, 1.165) is 12.6 Å². The third-order valence-electron chi connectivity index (χ3n) is 5.12. The Kier molecular flexibility index (Phi) is 4.87. The van der Waals surface area contributed by atoms with Gasteiger partial charge < -0.3 is 5.73 Å². The normalized spacial score (nSPS) is 31.1. The summed E-state index contributed by atoms with van der Waals surface area (Å²) < 4.78 is 0. The minimum Gasteiger partial charge on any atom is -0.329 e. The maximum Gasteiger partial charge on any atom is 0.0334 e. The maximum atomic E-state index is 6.21. The van der Waals surface area contributed by atoms with Crippen molar-refractivity contribution in [3.05, 3.63) is 0 Å². The van der Waals surface area contributed by atoms with Crippen LogP contribution in [0.1, 0.15) is 71.1 Å². The van der Waals surface area contributed by atoms with E-state index < -0.39 is 0 Å². The maximum absolute atomic E-state index is 6.21. The van der Waals surface area contributed by atoms with E-state index in [9.17, 15) is 0 Å². The van der Waals surface area contributed by atoms with Gasteiger partial charge in [0.25, 0.3) is 0 Å². The van der Waals surface area contributed by atoms with Gasteiger partial charge in [0.15, 0.2) is 0 Å². The van der Waals surface area contributed by atoms with Crippen LogP contribution in [0.25, 0.3) is 0 Å². The van der Waals surface area contributed by atoms with Gasteiger partial charge in [-0.25, -0.2) is 0 Å². The lowest BCUT2D eigenvalue weighted by Crippen LogP contribution is -2.59. The zero-order chi connectivity index (χ0) is 12.1. The van der Waals surface area contributed by atoms with Crippen LogP contribution in [0.4, 0.5) is 0 Å². The van der Waals surface area contributed by atoms with Crippen molar-refractivity contribution in [2.45, 2.75) is 82.7 Å². The fourth-order valence-electron chi connectivity index (χ4n) is 4.04. The minimum atomic E-state index is 0.359. The van der Waals surface area contributed by atoms with Crippen LogP contribution in [0.2, 0.25) is 0 Å². The van der Waals surface area contributed by atoms with Gasteiger partial charge in [-0.1, -0.05) is 39.0 Å². The summed E-state index contributed by atoms with van der Waals surface area (Å²) in [5.41, 5.74) is 6.57. The van der Waals surface area contributed by atoms with E-state index in [1.54, 1.807) is 0 Å². The van der Waals surface area contributed by atoms with Crippen LogP contribution >= 0.6 is 0 Å².